The standard InChI is InChI=1S/C22H17N3O2/c1-25(2)15-12-10-14(11-13-15)23-24-19-9-5-8-18-20(19)22(27)17-7-4-3-6-16(17)21(18)26/h3-13H,1-2H3. The van der Waals surface area contributed by atoms with E-state index in [0.717, 1.165) is 5.69 Å². The van der Waals surface area contributed by atoms with Crippen molar-refractivity contribution in [1.29, 1.82) is 0 Å². The third-order valence-electron chi connectivity index (χ3n) is 4.57. The van der Waals surface area contributed by atoms with E-state index in [1.165, 1.54) is 0 Å². The van der Waals surface area contributed by atoms with Crippen LogP contribution >= 0.6 is 0 Å². The maximum Gasteiger partial charge on any atom is 0.196 e. The molecule has 0 heterocycles. The van der Waals surface area contributed by atoms with Gasteiger partial charge in [0, 0.05) is 36.5 Å². The first kappa shape index (κ1) is 16.8. The van der Waals surface area contributed by atoms with E-state index in [1.54, 1.807) is 42.5 Å². The number of fused-ring (bicyclic) bond motifs is 2. The summed E-state index contributed by atoms with van der Waals surface area (Å²) in [6, 6.07) is 19.6. The summed E-state index contributed by atoms with van der Waals surface area (Å²) in [5.74, 6) is -0.356. The van der Waals surface area contributed by atoms with Crippen molar-refractivity contribution in [2.45, 2.75) is 0 Å². The summed E-state index contributed by atoms with van der Waals surface area (Å²) >= 11 is 0. The van der Waals surface area contributed by atoms with Crippen molar-refractivity contribution in [2.24, 2.45) is 10.2 Å². The lowest BCUT2D eigenvalue weighted by atomic mass is 9.83. The molecule has 0 atom stereocenters. The maximum atomic E-state index is 12.9. The Kier molecular flexibility index (Phi) is 4.12. The van der Waals surface area contributed by atoms with Crippen molar-refractivity contribution in [3.05, 3.63) is 89.0 Å². The van der Waals surface area contributed by atoms with E-state index >= 15 is 0 Å². The minimum atomic E-state index is -0.197. The normalized spacial score (nSPS) is 12.8. The van der Waals surface area contributed by atoms with Crippen LogP contribution in [0.2, 0.25) is 0 Å². The Labute approximate surface area is 157 Å². The summed E-state index contributed by atoms with van der Waals surface area (Å²) < 4.78 is 0. The molecule has 1 aliphatic rings. The van der Waals surface area contributed by atoms with Gasteiger partial charge in [-0.3, -0.25) is 9.59 Å². The molecule has 0 unspecified atom stereocenters. The molecule has 3 aromatic rings. The second-order valence-electron chi connectivity index (χ2n) is 6.51. The van der Waals surface area contributed by atoms with Gasteiger partial charge in [0.1, 0.15) is 0 Å². The van der Waals surface area contributed by atoms with Crippen LogP contribution in [0.4, 0.5) is 17.1 Å². The third-order valence-corrected chi connectivity index (χ3v) is 4.57. The van der Waals surface area contributed by atoms with Crippen LogP contribution in [-0.4, -0.2) is 25.7 Å². The Hall–Kier alpha value is -3.60. The molecular formula is C22H17N3O2. The van der Waals surface area contributed by atoms with Crippen molar-refractivity contribution < 1.29 is 9.59 Å². The minimum Gasteiger partial charge on any atom is -0.378 e. The molecule has 132 valence electrons. The molecule has 0 aliphatic heterocycles. The number of hydrogen-bond acceptors (Lipinski definition) is 5. The summed E-state index contributed by atoms with van der Waals surface area (Å²) in [6.07, 6.45) is 0. The van der Waals surface area contributed by atoms with Gasteiger partial charge < -0.3 is 4.90 Å². The van der Waals surface area contributed by atoms with Crippen LogP contribution in [0.25, 0.3) is 0 Å². The van der Waals surface area contributed by atoms with Gasteiger partial charge >= 0.3 is 0 Å². The number of hydrogen-bond donors (Lipinski definition) is 0. The smallest absolute Gasteiger partial charge is 0.196 e. The zero-order chi connectivity index (χ0) is 19.0. The van der Waals surface area contributed by atoms with Gasteiger partial charge in [0.2, 0.25) is 0 Å². The summed E-state index contributed by atoms with van der Waals surface area (Å²) in [5.41, 5.74) is 3.66. The summed E-state index contributed by atoms with van der Waals surface area (Å²) in [4.78, 5) is 27.7. The lowest BCUT2D eigenvalue weighted by Crippen LogP contribution is -2.20. The molecule has 0 saturated carbocycles. The van der Waals surface area contributed by atoms with Crippen LogP contribution in [0.15, 0.2) is 77.0 Å². The van der Waals surface area contributed by atoms with E-state index in [2.05, 4.69) is 10.2 Å². The topological polar surface area (TPSA) is 62.1 Å². The summed E-state index contributed by atoms with van der Waals surface area (Å²) in [6.45, 7) is 0. The Bertz CT molecular complexity index is 1080. The highest BCUT2D eigenvalue weighted by Gasteiger charge is 2.31. The molecule has 0 saturated heterocycles. The molecule has 0 bridgehead atoms. The number of nitrogens with zero attached hydrogens (tertiary/aromatic N) is 3. The monoisotopic (exact) mass is 355 g/mol. The Morgan fingerprint density at radius 3 is 1.96 bits per heavy atom. The Balaban J connectivity index is 1.74. The van der Waals surface area contributed by atoms with E-state index in [4.69, 9.17) is 0 Å². The molecule has 27 heavy (non-hydrogen) atoms. The largest absolute Gasteiger partial charge is 0.378 e. The molecule has 0 fully saturated rings. The fraction of sp³-hybridized carbons (Fsp3) is 0.0909. The molecule has 4 rings (SSSR count). The fourth-order valence-electron chi connectivity index (χ4n) is 3.14. The highest BCUT2D eigenvalue weighted by molar-refractivity contribution is 6.29. The number of rotatable bonds is 3. The average molecular weight is 355 g/mol. The average Bonchev–Trinajstić information content (AvgIpc) is 2.70. The number of azo groups is 1. The molecule has 0 spiro atoms. The first-order valence-corrected chi connectivity index (χ1v) is 8.57. The van der Waals surface area contributed by atoms with Crippen LogP contribution in [-0.2, 0) is 0 Å². The lowest BCUT2D eigenvalue weighted by molar-refractivity contribution is 0.0979. The highest BCUT2D eigenvalue weighted by atomic mass is 16.1. The van der Waals surface area contributed by atoms with Gasteiger partial charge in [0.05, 0.1) is 16.9 Å². The van der Waals surface area contributed by atoms with Crippen molar-refractivity contribution in [1.82, 2.24) is 0 Å². The SMILES string of the molecule is CN(C)c1ccc(N=Nc2cccc3c2C(=O)c2ccccc2C3=O)cc1. The Morgan fingerprint density at radius 2 is 1.30 bits per heavy atom. The minimum absolute atomic E-state index is 0.160. The number of carbonyl (C=O) groups is 2. The molecule has 0 aromatic heterocycles. The van der Waals surface area contributed by atoms with Gasteiger partial charge in [-0.2, -0.15) is 5.11 Å². The number of anilines is 1. The van der Waals surface area contributed by atoms with Crippen LogP contribution in [0, 0.1) is 0 Å². The quantitative estimate of drug-likeness (QED) is 0.489. The van der Waals surface area contributed by atoms with E-state index in [-0.39, 0.29) is 11.6 Å². The number of carbonyl (C=O) groups excluding carboxylic acids is 2. The van der Waals surface area contributed by atoms with Gasteiger partial charge in [-0.1, -0.05) is 36.4 Å². The van der Waals surface area contributed by atoms with Crippen molar-refractivity contribution in [2.75, 3.05) is 19.0 Å². The van der Waals surface area contributed by atoms with Gasteiger partial charge in [-0.05, 0) is 30.3 Å². The van der Waals surface area contributed by atoms with Crippen molar-refractivity contribution in [3.8, 4) is 0 Å². The van der Waals surface area contributed by atoms with Gasteiger partial charge in [-0.25, -0.2) is 0 Å². The first-order valence-electron chi connectivity index (χ1n) is 8.57. The van der Waals surface area contributed by atoms with Crippen molar-refractivity contribution >= 4 is 28.6 Å². The van der Waals surface area contributed by atoms with Gasteiger partial charge in [-0.15, -0.1) is 5.11 Å². The number of benzene rings is 3. The third kappa shape index (κ3) is 2.93. The molecule has 1 aliphatic carbocycles. The van der Waals surface area contributed by atoms with Crippen LogP contribution in [0.5, 0.6) is 0 Å². The predicted molar refractivity (Wildman–Crippen MR) is 105 cm³/mol. The molecule has 0 N–H and O–H groups in total. The van der Waals surface area contributed by atoms with E-state index < -0.39 is 0 Å². The zero-order valence-corrected chi connectivity index (χ0v) is 15.0. The van der Waals surface area contributed by atoms with Gasteiger partial charge in [0.25, 0.3) is 0 Å². The van der Waals surface area contributed by atoms with Crippen molar-refractivity contribution in [3.63, 3.8) is 0 Å². The summed E-state index contributed by atoms with van der Waals surface area (Å²) in [7, 11) is 3.93. The zero-order valence-electron chi connectivity index (χ0n) is 15.0. The Morgan fingerprint density at radius 1 is 0.667 bits per heavy atom. The second kappa shape index (κ2) is 6.61. The number of ketones is 2. The van der Waals surface area contributed by atoms with Crippen LogP contribution in [0.1, 0.15) is 31.8 Å². The lowest BCUT2D eigenvalue weighted by Gasteiger charge is -2.18. The highest BCUT2D eigenvalue weighted by Crippen LogP contribution is 2.34. The van der Waals surface area contributed by atoms with Gasteiger partial charge in [0.15, 0.2) is 11.6 Å². The molecular weight excluding hydrogens is 338 g/mol. The molecule has 0 radical (unpaired) electrons. The van der Waals surface area contributed by atoms with Crippen LogP contribution in [0.3, 0.4) is 0 Å². The second-order valence-corrected chi connectivity index (χ2v) is 6.51. The molecule has 0 amide bonds. The predicted octanol–water partition coefficient (Wildman–Crippen LogP) is 4.94. The maximum absolute atomic E-state index is 12.9. The summed E-state index contributed by atoms with van der Waals surface area (Å²) in [5, 5.41) is 8.50. The molecule has 5 heteroatoms. The van der Waals surface area contributed by atoms with E-state index in [1.807, 2.05) is 43.3 Å². The molecule has 5 nitrogen and oxygen atoms in total. The first-order chi connectivity index (χ1) is 13.1. The van der Waals surface area contributed by atoms with Crippen LogP contribution < -0.4 is 4.90 Å². The fourth-order valence-corrected chi connectivity index (χ4v) is 3.14. The van der Waals surface area contributed by atoms with E-state index in [9.17, 15) is 9.59 Å². The van der Waals surface area contributed by atoms with E-state index in [0.29, 0.717) is 33.6 Å². The molecule has 3 aromatic carbocycles.